The highest BCUT2D eigenvalue weighted by atomic mass is 35.5. The van der Waals surface area contributed by atoms with Crippen molar-refractivity contribution in [3.05, 3.63) is 88.4 Å². The maximum Gasteiger partial charge on any atom is 0.264 e. The molecule has 3 aromatic rings. The van der Waals surface area contributed by atoms with Gasteiger partial charge in [-0.05, 0) is 74.2 Å². The minimum atomic E-state index is -3.98. The van der Waals surface area contributed by atoms with Crippen molar-refractivity contribution >= 4 is 33.2 Å². The minimum absolute atomic E-state index is 0.116. The number of carbonyl (C=O) groups is 1. The van der Waals surface area contributed by atoms with Gasteiger partial charge >= 0.3 is 0 Å². The smallest absolute Gasteiger partial charge is 0.264 e. The molecule has 0 unspecified atom stereocenters. The van der Waals surface area contributed by atoms with Crippen LogP contribution in [0.1, 0.15) is 23.1 Å². The predicted octanol–water partition coefficient (Wildman–Crippen LogP) is 4.91. The van der Waals surface area contributed by atoms with E-state index in [1.807, 2.05) is 31.2 Å². The lowest BCUT2D eigenvalue weighted by Crippen LogP contribution is -2.41. The molecule has 8 heteroatoms. The summed E-state index contributed by atoms with van der Waals surface area (Å²) in [6.07, 6.45) is 1.50. The zero-order valence-corrected chi connectivity index (χ0v) is 21.1. The molecule has 0 bridgehead atoms. The summed E-state index contributed by atoms with van der Waals surface area (Å²) in [6.45, 7) is 3.75. The fourth-order valence-corrected chi connectivity index (χ4v) is 5.13. The number of nitrogens with zero attached hydrogens (tertiary/aromatic N) is 1. The number of benzene rings is 3. The molecule has 34 heavy (non-hydrogen) atoms. The first-order valence-corrected chi connectivity index (χ1v) is 12.8. The van der Waals surface area contributed by atoms with E-state index < -0.39 is 10.0 Å². The number of ether oxygens (including phenoxy) is 1. The number of hydrogen-bond donors (Lipinski definition) is 1. The van der Waals surface area contributed by atoms with Crippen molar-refractivity contribution in [3.8, 4) is 5.75 Å². The Bertz CT molecular complexity index is 1230. The van der Waals surface area contributed by atoms with Gasteiger partial charge in [0.25, 0.3) is 10.0 Å². The predicted molar refractivity (Wildman–Crippen MR) is 136 cm³/mol. The van der Waals surface area contributed by atoms with Gasteiger partial charge in [0.15, 0.2) is 0 Å². The normalized spacial score (nSPS) is 11.2. The molecule has 3 aromatic carbocycles. The Balaban J connectivity index is 1.72. The third-order valence-electron chi connectivity index (χ3n) is 5.46. The van der Waals surface area contributed by atoms with Gasteiger partial charge in [-0.1, -0.05) is 47.5 Å². The Morgan fingerprint density at radius 2 is 1.68 bits per heavy atom. The number of sulfonamides is 1. The summed E-state index contributed by atoms with van der Waals surface area (Å²) in [6, 6.07) is 19.3. The molecule has 1 amide bonds. The number of methoxy groups -OCH3 is 1. The van der Waals surface area contributed by atoms with E-state index in [9.17, 15) is 13.2 Å². The molecule has 0 atom stereocenters. The third-order valence-corrected chi connectivity index (χ3v) is 7.47. The van der Waals surface area contributed by atoms with Gasteiger partial charge < -0.3 is 10.1 Å². The van der Waals surface area contributed by atoms with Gasteiger partial charge in [-0.25, -0.2) is 8.42 Å². The zero-order valence-electron chi connectivity index (χ0n) is 19.5. The van der Waals surface area contributed by atoms with Crippen LogP contribution in [0, 0.1) is 13.8 Å². The van der Waals surface area contributed by atoms with Crippen LogP contribution in [0.5, 0.6) is 5.75 Å². The maximum absolute atomic E-state index is 13.5. The van der Waals surface area contributed by atoms with Crippen LogP contribution in [0.25, 0.3) is 0 Å². The summed E-state index contributed by atoms with van der Waals surface area (Å²) in [5.74, 6) is 0.410. The molecule has 0 aliphatic rings. The Morgan fingerprint density at radius 3 is 2.32 bits per heavy atom. The van der Waals surface area contributed by atoms with E-state index in [0.717, 1.165) is 34.0 Å². The second-order valence-electron chi connectivity index (χ2n) is 8.06. The Morgan fingerprint density at radius 1 is 1.00 bits per heavy atom. The van der Waals surface area contributed by atoms with Crippen LogP contribution in [0.3, 0.4) is 0 Å². The Hall–Kier alpha value is -3.03. The van der Waals surface area contributed by atoms with E-state index in [-0.39, 0.29) is 17.3 Å². The summed E-state index contributed by atoms with van der Waals surface area (Å²) in [4.78, 5) is 12.9. The first kappa shape index (κ1) is 25.6. The van der Waals surface area contributed by atoms with Crippen molar-refractivity contribution in [2.75, 3.05) is 24.5 Å². The molecule has 0 spiro atoms. The van der Waals surface area contributed by atoms with Gasteiger partial charge in [0.1, 0.15) is 12.3 Å². The summed E-state index contributed by atoms with van der Waals surface area (Å²) in [7, 11) is -2.36. The molecule has 3 rings (SSSR count). The molecule has 0 saturated carbocycles. The van der Waals surface area contributed by atoms with Crippen molar-refractivity contribution in [2.45, 2.75) is 31.6 Å². The van der Waals surface area contributed by atoms with E-state index in [1.54, 1.807) is 56.5 Å². The molecular weight excluding hydrogens is 472 g/mol. The Labute approximate surface area is 206 Å². The van der Waals surface area contributed by atoms with Gasteiger partial charge in [-0.3, -0.25) is 9.10 Å². The fourth-order valence-electron chi connectivity index (χ4n) is 3.49. The second kappa shape index (κ2) is 11.4. The van der Waals surface area contributed by atoms with Gasteiger partial charge in [-0.2, -0.15) is 0 Å². The van der Waals surface area contributed by atoms with Crippen LogP contribution in [-0.2, 0) is 21.2 Å². The molecule has 6 nitrogen and oxygen atoms in total. The SMILES string of the molecule is COc1ccc(CCCNC(=O)CN(c2cc(Cl)ccc2C)S(=O)(=O)c2ccc(C)cc2)cc1. The average molecular weight is 501 g/mol. The van der Waals surface area contributed by atoms with Crippen LogP contribution in [-0.4, -0.2) is 34.5 Å². The number of nitrogens with one attached hydrogen (secondary N) is 1. The molecule has 0 aromatic heterocycles. The maximum atomic E-state index is 13.5. The molecule has 0 saturated heterocycles. The summed E-state index contributed by atoms with van der Waals surface area (Å²) in [5.41, 5.74) is 3.15. The lowest BCUT2D eigenvalue weighted by Gasteiger charge is -2.26. The lowest BCUT2D eigenvalue weighted by molar-refractivity contribution is -0.119. The van der Waals surface area contributed by atoms with E-state index in [2.05, 4.69) is 5.32 Å². The van der Waals surface area contributed by atoms with Gasteiger partial charge in [0, 0.05) is 11.6 Å². The van der Waals surface area contributed by atoms with Crippen LogP contribution in [0.4, 0.5) is 5.69 Å². The van der Waals surface area contributed by atoms with E-state index in [4.69, 9.17) is 16.3 Å². The highest BCUT2D eigenvalue weighted by molar-refractivity contribution is 7.92. The number of hydrogen-bond acceptors (Lipinski definition) is 4. The van der Waals surface area contributed by atoms with Crippen LogP contribution >= 0.6 is 11.6 Å². The quantitative estimate of drug-likeness (QED) is 0.401. The topological polar surface area (TPSA) is 75.7 Å². The van der Waals surface area contributed by atoms with Crippen molar-refractivity contribution in [3.63, 3.8) is 0 Å². The number of anilines is 1. The summed E-state index contributed by atoms with van der Waals surface area (Å²) < 4.78 is 33.3. The number of amides is 1. The lowest BCUT2D eigenvalue weighted by atomic mass is 10.1. The van der Waals surface area contributed by atoms with E-state index in [0.29, 0.717) is 22.8 Å². The van der Waals surface area contributed by atoms with Crippen molar-refractivity contribution in [2.24, 2.45) is 0 Å². The molecule has 0 aliphatic carbocycles. The first-order valence-electron chi connectivity index (χ1n) is 11.0. The van der Waals surface area contributed by atoms with Crippen molar-refractivity contribution in [1.29, 1.82) is 0 Å². The molecule has 0 fully saturated rings. The van der Waals surface area contributed by atoms with Gasteiger partial charge in [0.05, 0.1) is 17.7 Å². The molecule has 1 N–H and O–H groups in total. The monoisotopic (exact) mass is 500 g/mol. The highest BCUT2D eigenvalue weighted by Crippen LogP contribution is 2.29. The van der Waals surface area contributed by atoms with Crippen molar-refractivity contribution < 1.29 is 17.9 Å². The third kappa shape index (κ3) is 6.52. The molecule has 0 aliphatic heterocycles. The number of halogens is 1. The van der Waals surface area contributed by atoms with Crippen LogP contribution in [0.2, 0.25) is 5.02 Å². The minimum Gasteiger partial charge on any atom is -0.497 e. The highest BCUT2D eigenvalue weighted by Gasteiger charge is 2.28. The second-order valence-corrected chi connectivity index (χ2v) is 10.4. The summed E-state index contributed by atoms with van der Waals surface area (Å²) in [5, 5.41) is 3.23. The van der Waals surface area contributed by atoms with Crippen LogP contribution < -0.4 is 14.4 Å². The molecule has 0 heterocycles. The summed E-state index contributed by atoms with van der Waals surface area (Å²) >= 11 is 6.16. The number of carbonyl (C=O) groups excluding carboxylic acids is 1. The van der Waals surface area contributed by atoms with Crippen molar-refractivity contribution in [1.82, 2.24) is 5.32 Å². The molecular formula is C26H29ClN2O4S. The standard InChI is InChI=1S/C26H29ClN2O4S/c1-19-6-14-24(15-7-19)34(31,32)29(25-17-22(27)11-8-20(25)2)18-26(30)28-16-4-5-21-9-12-23(33-3)13-10-21/h6-15,17H,4-5,16,18H2,1-3H3,(H,28,30). The van der Waals surface area contributed by atoms with Gasteiger partial charge in [0.2, 0.25) is 5.91 Å². The van der Waals surface area contributed by atoms with Gasteiger partial charge in [-0.15, -0.1) is 0 Å². The molecule has 180 valence electrons. The van der Waals surface area contributed by atoms with E-state index >= 15 is 0 Å². The zero-order chi connectivity index (χ0) is 24.7. The number of aryl methyl sites for hydroxylation is 3. The Kier molecular flexibility index (Phi) is 8.58. The fraction of sp³-hybridized carbons (Fsp3) is 0.269. The van der Waals surface area contributed by atoms with Crippen LogP contribution in [0.15, 0.2) is 71.6 Å². The van der Waals surface area contributed by atoms with E-state index in [1.165, 1.54) is 0 Å². The largest absolute Gasteiger partial charge is 0.497 e. The first-order chi connectivity index (χ1) is 16.2. The number of rotatable bonds is 10. The molecule has 0 radical (unpaired) electrons. The average Bonchev–Trinajstić information content (AvgIpc) is 2.82.